The minimum Gasteiger partial charge on any atom is -0.466 e. The van der Waals surface area contributed by atoms with Crippen LogP contribution in [-0.4, -0.2) is 35.7 Å². The molecule has 18 heavy (non-hydrogen) atoms. The molecule has 0 aliphatic heterocycles. The number of rotatable bonds is 5. The van der Waals surface area contributed by atoms with Gasteiger partial charge >= 0.3 is 11.9 Å². The van der Waals surface area contributed by atoms with Crippen LogP contribution < -0.4 is 0 Å². The number of carbonyl (C=O) groups is 2. The molecule has 98 valence electrons. The normalized spacial score (nSPS) is 13.5. The first kappa shape index (κ1) is 13.9. The Morgan fingerprint density at radius 3 is 2.72 bits per heavy atom. The number of hydrogen-bond acceptors (Lipinski definition) is 7. The molecule has 0 saturated carbocycles. The molecular weight excluding hydrogens is 242 g/mol. The van der Waals surface area contributed by atoms with E-state index in [1.807, 2.05) is 0 Å². The van der Waals surface area contributed by atoms with Gasteiger partial charge in [0, 0.05) is 0 Å². The molecule has 1 unspecified atom stereocenters. The Morgan fingerprint density at radius 1 is 1.61 bits per heavy atom. The fourth-order valence-electron chi connectivity index (χ4n) is 1.25. The third-order valence-electron chi connectivity index (χ3n) is 2.18. The lowest BCUT2D eigenvalue weighted by Gasteiger charge is -2.22. The second-order valence-corrected chi connectivity index (χ2v) is 3.24. The summed E-state index contributed by atoms with van der Waals surface area (Å²) in [6, 6.07) is 0. The molecule has 0 fully saturated rings. The van der Waals surface area contributed by atoms with Gasteiger partial charge in [0.15, 0.2) is 0 Å². The second kappa shape index (κ2) is 5.46. The average Bonchev–Trinajstić information content (AvgIpc) is 2.90. The largest absolute Gasteiger partial charge is 0.466 e. The Labute approximate surface area is 103 Å². The highest BCUT2D eigenvalue weighted by Crippen LogP contribution is 2.29. The summed E-state index contributed by atoms with van der Waals surface area (Å²) >= 11 is 0. The van der Waals surface area contributed by atoms with Gasteiger partial charge in [0.2, 0.25) is 5.89 Å². The van der Waals surface area contributed by atoms with Crippen LogP contribution in [0.4, 0.5) is 0 Å². The number of ether oxygens (including phenoxy) is 2. The van der Waals surface area contributed by atoms with Gasteiger partial charge in [-0.05, 0) is 6.92 Å². The van der Waals surface area contributed by atoms with E-state index in [-0.39, 0.29) is 6.61 Å². The number of aliphatic hydroxyl groups is 1. The van der Waals surface area contributed by atoms with Gasteiger partial charge in [-0.2, -0.15) is 0 Å². The van der Waals surface area contributed by atoms with Crippen molar-refractivity contribution in [2.45, 2.75) is 12.5 Å². The maximum atomic E-state index is 11.8. The number of aromatic nitrogens is 1. The van der Waals surface area contributed by atoms with Crippen LogP contribution in [0.1, 0.15) is 12.8 Å². The number of methoxy groups -OCH3 is 1. The molecule has 0 saturated heterocycles. The van der Waals surface area contributed by atoms with Gasteiger partial charge < -0.3 is 19.0 Å². The van der Waals surface area contributed by atoms with E-state index >= 15 is 0 Å². The monoisotopic (exact) mass is 255 g/mol. The quantitative estimate of drug-likeness (QED) is 0.590. The zero-order valence-electron chi connectivity index (χ0n) is 10.0. The van der Waals surface area contributed by atoms with Crippen molar-refractivity contribution >= 4 is 11.9 Å². The standard InChI is InChI=1S/C11H13NO6/c1-4-17-10(14)11(15,7(2)8(13)16-3)9-12-5-6-18-9/h5-6,15H,2,4H2,1,3H3. The third kappa shape index (κ3) is 2.25. The summed E-state index contributed by atoms with van der Waals surface area (Å²) < 4.78 is 13.9. The minimum absolute atomic E-state index is 0.0102. The molecule has 0 aromatic carbocycles. The lowest BCUT2D eigenvalue weighted by atomic mass is 9.94. The molecule has 1 heterocycles. The van der Waals surface area contributed by atoms with Gasteiger partial charge in [-0.25, -0.2) is 14.6 Å². The summed E-state index contributed by atoms with van der Waals surface area (Å²) in [7, 11) is 1.09. The van der Waals surface area contributed by atoms with Crippen LogP contribution in [0.5, 0.6) is 0 Å². The Balaban J connectivity index is 3.22. The summed E-state index contributed by atoms with van der Waals surface area (Å²) in [4.78, 5) is 26.8. The van der Waals surface area contributed by atoms with Crippen molar-refractivity contribution in [2.75, 3.05) is 13.7 Å². The predicted molar refractivity (Wildman–Crippen MR) is 58.2 cm³/mol. The number of oxazole rings is 1. The molecule has 7 heteroatoms. The Kier molecular flexibility index (Phi) is 4.22. The lowest BCUT2D eigenvalue weighted by molar-refractivity contribution is -0.167. The van der Waals surface area contributed by atoms with Gasteiger partial charge in [-0.15, -0.1) is 0 Å². The molecule has 1 rings (SSSR count). The van der Waals surface area contributed by atoms with Crippen molar-refractivity contribution in [3.8, 4) is 0 Å². The van der Waals surface area contributed by atoms with Gasteiger partial charge in [0.05, 0.1) is 25.5 Å². The molecule has 0 aliphatic rings. The molecule has 1 aromatic heterocycles. The highest BCUT2D eigenvalue weighted by molar-refractivity contribution is 5.99. The number of carbonyl (C=O) groups excluding carboxylic acids is 2. The molecule has 1 atom stereocenters. The van der Waals surface area contributed by atoms with Crippen LogP contribution in [0.15, 0.2) is 29.0 Å². The summed E-state index contributed by atoms with van der Waals surface area (Å²) in [5.74, 6) is -2.48. The molecule has 1 N–H and O–H groups in total. The van der Waals surface area contributed by atoms with Gasteiger partial charge in [0.25, 0.3) is 5.60 Å². The Morgan fingerprint density at radius 2 is 2.28 bits per heavy atom. The Hall–Kier alpha value is -2.15. The topological polar surface area (TPSA) is 98.9 Å². The van der Waals surface area contributed by atoms with Gasteiger partial charge in [-0.1, -0.05) is 6.58 Å². The van der Waals surface area contributed by atoms with E-state index in [1.165, 1.54) is 6.20 Å². The number of esters is 2. The van der Waals surface area contributed by atoms with Crippen molar-refractivity contribution in [3.05, 3.63) is 30.5 Å². The Bertz CT molecular complexity index is 452. The SMILES string of the molecule is C=C(C(=O)OC)C(O)(C(=O)OCC)c1ncco1. The second-order valence-electron chi connectivity index (χ2n) is 3.24. The molecule has 0 aliphatic carbocycles. The molecule has 0 amide bonds. The molecule has 1 aromatic rings. The molecule has 0 spiro atoms. The zero-order chi connectivity index (χ0) is 13.8. The minimum atomic E-state index is -2.49. The van der Waals surface area contributed by atoms with E-state index in [0.717, 1.165) is 13.4 Å². The first-order chi connectivity index (χ1) is 8.48. The summed E-state index contributed by atoms with van der Waals surface area (Å²) in [5, 5.41) is 10.3. The highest BCUT2D eigenvalue weighted by Gasteiger charge is 2.50. The van der Waals surface area contributed by atoms with Crippen LogP contribution in [0, 0.1) is 0 Å². The maximum Gasteiger partial charge on any atom is 0.353 e. The maximum absolute atomic E-state index is 11.8. The number of nitrogens with zero attached hydrogens (tertiary/aromatic N) is 1. The van der Waals surface area contributed by atoms with E-state index in [1.54, 1.807) is 6.92 Å². The summed E-state index contributed by atoms with van der Waals surface area (Å²) in [5.41, 5.74) is -3.03. The van der Waals surface area contributed by atoms with Crippen LogP contribution in [0.25, 0.3) is 0 Å². The summed E-state index contributed by atoms with van der Waals surface area (Å²) in [6.07, 6.45) is 2.36. The first-order valence-electron chi connectivity index (χ1n) is 5.05. The van der Waals surface area contributed by atoms with Crippen molar-refractivity contribution in [1.82, 2.24) is 4.98 Å². The highest BCUT2D eigenvalue weighted by atomic mass is 16.6. The lowest BCUT2D eigenvalue weighted by Crippen LogP contribution is -2.42. The molecular formula is C11H13NO6. The molecule has 7 nitrogen and oxygen atoms in total. The smallest absolute Gasteiger partial charge is 0.353 e. The van der Waals surface area contributed by atoms with Crippen molar-refractivity contribution in [1.29, 1.82) is 0 Å². The van der Waals surface area contributed by atoms with Crippen molar-refractivity contribution in [2.24, 2.45) is 0 Å². The molecule has 0 radical (unpaired) electrons. The zero-order valence-corrected chi connectivity index (χ0v) is 10.0. The van der Waals surface area contributed by atoms with Gasteiger partial charge in [-0.3, -0.25) is 0 Å². The predicted octanol–water partition coefficient (Wildman–Crippen LogP) is 0.154. The van der Waals surface area contributed by atoms with Crippen molar-refractivity contribution in [3.63, 3.8) is 0 Å². The van der Waals surface area contributed by atoms with Gasteiger partial charge in [0.1, 0.15) is 6.26 Å². The van der Waals surface area contributed by atoms with Crippen LogP contribution in [0.3, 0.4) is 0 Å². The van der Waals surface area contributed by atoms with Crippen LogP contribution >= 0.6 is 0 Å². The molecule has 0 bridgehead atoms. The summed E-state index contributed by atoms with van der Waals surface area (Å²) in [6.45, 7) is 4.89. The van der Waals surface area contributed by atoms with Crippen LogP contribution in [0.2, 0.25) is 0 Å². The van der Waals surface area contributed by atoms with E-state index in [2.05, 4.69) is 21.0 Å². The van der Waals surface area contributed by atoms with E-state index in [9.17, 15) is 14.7 Å². The van der Waals surface area contributed by atoms with E-state index in [4.69, 9.17) is 4.42 Å². The van der Waals surface area contributed by atoms with E-state index < -0.39 is 29.0 Å². The fourth-order valence-corrected chi connectivity index (χ4v) is 1.25. The fraction of sp³-hybridized carbons (Fsp3) is 0.364. The first-order valence-corrected chi connectivity index (χ1v) is 5.05. The average molecular weight is 255 g/mol. The van der Waals surface area contributed by atoms with Crippen molar-refractivity contribution < 1.29 is 28.6 Å². The van der Waals surface area contributed by atoms with E-state index in [0.29, 0.717) is 0 Å². The third-order valence-corrected chi connectivity index (χ3v) is 2.18. The van der Waals surface area contributed by atoms with Crippen LogP contribution in [-0.2, 0) is 24.7 Å². The number of hydrogen-bond donors (Lipinski definition) is 1.